The lowest BCUT2D eigenvalue weighted by atomic mass is 10.0. The van der Waals surface area contributed by atoms with Gasteiger partial charge in [-0.2, -0.15) is 13.2 Å². The molecule has 1 atom stereocenters. The average molecular weight is 367 g/mol. The van der Waals surface area contributed by atoms with Gasteiger partial charge < -0.3 is 10.2 Å². The summed E-state index contributed by atoms with van der Waals surface area (Å²) in [4.78, 5) is 20.7. The summed E-state index contributed by atoms with van der Waals surface area (Å²) in [5, 5.41) is 14.2. The van der Waals surface area contributed by atoms with Crippen LogP contribution in [0.2, 0.25) is 0 Å². The molecule has 1 fully saturated rings. The van der Waals surface area contributed by atoms with Crippen LogP contribution in [-0.2, 0) is 6.18 Å². The van der Waals surface area contributed by atoms with Gasteiger partial charge in [0.1, 0.15) is 5.69 Å². The van der Waals surface area contributed by atoms with E-state index in [9.17, 15) is 23.3 Å². The van der Waals surface area contributed by atoms with Gasteiger partial charge in [-0.25, -0.2) is 9.97 Å². The minimum absolute atomic E-state index is 0.0730. The fourth-order valence-corrected chi connectivity index (χ4v) is 2.93. The van der Waals surface area contributed by atoms with Crippen LogP contribution < -0.4 is 10.2 Å². The number of aromatic nitrogens is 2. The normalized spacial score (nSPS) is 17.8. The zero-order chi connectivity index (χ0) is 18.7. The van der Waals surface area contributed by atoms with Crippen LogP contribution >= 0.6 is 0 Å². The van der Waals surface area contributed by atoms with Crippen molar-refractivity contribution in [3.05, 3.63) is 52.3 Å². The molecule has 26 heavy (non-hydrogen) atoms. The summed E-state index contributed by atoms with van der Waals surface area (Å²) in [5.74, 6) is 0.556. The van der Waals surface area contributed by atoms with Gasteiger partial charge in [-0.05, 0) is 31.0 Å². The Morgan fingerprint density at radius 2 is 2.00 bits per heavy atom. The maximum absolute atomic E-state index is 12.8. The Hall–Kier alpha value is -2.91. The molecular weight excluding hydrogens is 351 g/mol. The van der Waals surface area contributed by atoms with Gasteiger partial charge in [0.15, 0.2) is 0 Å². The van der Waals surface area contributed by atoms with Crippen LogP contribution in [0.1, 0.15) is 18.4 Å². The van der Waals surface area contributed by atoms with Crippen LogP contribution in [0.3, 0.4) is 0 Å². The summed E-state index contributed by atoms with van der Waals surface area (Å²) in [7, 11) is 0. The number of nitrogens with zero attached hydrogens (tertiary/aromatic N) is 4. The molecule has 1 unspecified atom stereocenters. The third-order valence-corrected chi connectivity index (χ3v) is 4.14. The van der Waals surface area contributed by atoms with Gasteiger partial charge in [-0.15, -0.1) is 0 Å². The Labute approximate surface area is 147 Å². The summed E-state index contributed by atoms with van der Waals surface area (Å²) in [5.41, 5.74) is -1.56. The largest absolute Gasteiger partial charge is 0.416 e. The highest BCUT2D eigenvalue weighted by molar-refractivity contribution is 5.63. The molecular formula is C16H16F3N5O2. The van der Waals surface area contributed by atoms with Crippen molar-refractivity contribution in [1.82, 2.24) is 9.97 Å². The van der Waals surface area contributed by atoms with E-state index in [1.54, 1.807) is 18.5 Å². The number of anilines is 2. The summed E-state index contributed by atoms with van der Waals surface area (Å²) >= 11 is 0. The molecule has 0 bridgehead atoms. The van der Waals surface area contributed by atoms with Crippen LogP contribution in [0, 0.1) is 10.1 Å². The first-order valence-corrected chi connectivity index (χ1v) is 7.99. The molecule has 1 aliphatic rings. The minimum atomic E-state index is -4.63. The second-order valence-corrected chi connectivity index (χ2v) is 5.97. The molecule has 0 aliphatic carbocycles. The monoisotopic (exact) mass is 367 g/mol. The van der Waals surface area contributed by atoms with E-state index >= 15 is 0 Å². The predicted octanol–water partition coefficient (Wildman–Crippen LogP) is 3.48. The molecule has 0 spiro atoms. The molecule has 0 radical (unpaired) electrons. The number of hydrogen-bond donors (Lipinski definition) is 1. The number of alkyl halides is 3. The highest BCUT2D eigenvalue weighted by atomic mass is 19.4. The molecule has 0 saturated carbocycles. The van der Waals surface area contributed by atoms with E-state index in [1.165, 1.54) is 0 Å². The van der Waals surface area contributed by atoms with Crippen molar-refractivity contribution < 1.29 is 18.1 Å². The molecule has 1 aliphatic heterocycles. The Kier molecular flexibility index (Phi) is 4.92. The SMILES string of the molecule is O=[N+]([O-])c1cc(C(F)(F)F)ccc1NC1CCCN(c2ncccn2)C1. The predicted molar refractivity (Wildman–Crippen MR) is 89.0 cm³/mol. The van der Waals surface area contributed by atoms with E-state index in [-0.39, 0.29) is 11.7 Å². The smallest absolute Gasteiger partial charge is 0.375 e. The lowest BCUT2D eigenvalue weighted by Crippen LogP contribution is -2.43. The number of hydrogen-bond acceptors (Lipinski definition) is 6. The highest BCUT2D eigenvalue weighted by Crippen LogP contribution is 2.35. The van der Waals surface area contributed by atoms with Gasteiger partial charge in [0.2, 0.25) is 5.95 Å². The lowest BCUT2D eigenvalue weighted by Gasteiger charge is -2.33. The quantitative estimate of drug-likeness (QED) is 0.658. The molecule has 138 valence electrons. The molecule has 2 aromatic rings. The fraction of sp³-hybridized carbons (Fsp3) is 0.375. The Bertz CT molecular complexity index is 785. The first kappa shape index (κ1) is 17.9. The van der Waals surface area contributed by atoms with E-state index in [2.05, 4.69) is 15.3 Å². The van der Waals surface area contributed by atoms with E-state index in [1.807, 2.05) is 4.90 Å². The Morgan fingerprint density at radius 1 is 1.27 bits per heavy atom. The van der Waals surface area contributed by atoms with Crippen molar-refractivity contribution in [2.45, 2.75) is 25.1 Å². The van der Waals surface area contributed by atoms with Crippen molar-refractivity contribution in [2.75, 3.05) is 23.3 Å². The van der Waals surface area contributed by atoms with E-state index in [4.69, 9.17) is 0 Å². The molecule has 3 rings (SSSR count). The van der Waals surface area contributed by atoms with Crippen LogP contribution in [0.4, 0.5) is 30.5 Å². The van der Waals surface area contributed by atoms with Gasteiger partial charge >= 0.3 is 6.18 Å². The molecule has 0 amide bonds. The van der Waals surface area contributed by atoms with Crippen LogP contribution in [0.5, 0.6) is 0 Å². The molecule has 1 aromatic carbocycles. The van der Waals surface area contributed by atoms with Crippen molar-refractivity contribution in [2.24, 2.45) is 0 Å². The summed E-state index contributed by atoms with van der Waals surface area (Å²) in [6.45, 7) is 1.25. The summed E-state index contributed by atoms with van der Waals surface area (Å²) < 4.78 is 38.4. The topological polar surface area (TPSA) is 84.2 Å². The van der Waals surface area contributed by atoms with Gasteiger partial charge in [-0.3, -0.25) is 10.1 Å². The van der Waals surface area contributed by atoms with Crippen molar-refractivity contribution >= 4 is 17.3 Å². The Balaban J connectivity index is 1.78. The number of piperidine rings is 1. The summed E-state index contributed by atoms with van der Waals surface area (Å²) in [6, 6.07) is 4.05. The molecule has 2 heterocycles. The fourth-order valence-electron chi connectivity index (χ4n) is 2.93. The molecule has 10 heteroatoms. The van der Waals surface area contributed by atoms with Gasteiger partial charge in [0, 0.05) is 37.6 Å². The van der Waals surface area contributed by atoms with Gasteiger partial charge in [0.05, 0.1) is 10.5 Å². The standard InChI is InChI=1S/C16H16F3N5O2/c17-16(18,19)11-4-5-13(14(9-11)24(25)26)22-12-3-1-8-23(10-12)15-20-6-2-7-21-15/h2,4-7,9,12,22H,1,3,8,10H2. The van der Waals surface area contributed by atoms with Gasteiger partial charge in [-0.1, -0.05) is 0 Å². The second-order valence-electron chi connectivity index (χ2n) is 5.97. The lowest BCUT2D eigenvalue weighted by molar-refractivity contribution is -0.384. The average Bonchev–Trinajstić information content (AvgIpc) is 2.62. The van der Waals surface area contributed by atoms with Gasteiger partial charge in [0.25, 0.3) is 5.69 Å². The van der Waals surface area contributed by atoms with E-state index in [0.29, 0.717) is 18.6 Å². The third-order valence-electron chi connectivity index (χ3n) is 4.14. The first-order valence-electron chi connectivity index (χ1n) is 7.99. The maximum atomic E-state index is 12.8. The van der Waals surface area contributed by atoms with Crippen LogP contribution in [0.15, 0.2) is 36.7 Å². The number of nitro groups is 1. The first-order chi connectivity index (χ1) is 12.3. The third kappa shape index (κ3) is 4.01. The number of halogens is 3. The molecule has 1 aromatic heterocycles. The number of nitro benzene ring substituents is 1. The number of nitrogens with one attached hydrogen (secondary N) is 1. The maximum Gasteiger partial charge on any atom is 0.416 e. The highest BCUT2D eigenvalue weighted by Gasteiger charge is 2.33. The number of benzene rings is 1. The van der Waals surface area contributed by atoms with Crippen molar-refractivity contribution in [3.63, 3.8) is 0 Å². The molecule has 1 N–H and O–H groups in total. The molecule has 7 nitrogen and oxygen atoms in total. The van der Waals surface area contributed by atoms with E-state index < -0.39 is 22.4 Å². The Morgan fingerprint density at radius 3 is 2.65 bits per heavy atom. The van der Waals surface area contributed by atoms with Crippen molar-refractivity contribution in [3.8, 4) is 0 Å². The van der Waals surface area contributed by atoms with Crippen LogP contribution in [-0.4, -0.2) is 34.0 Å². The zero-order valence-electron chi connectivity index (χ0n) is 13.6. The van der Waals surface area contributed by atoms with Crippen molar-refractivity contribution in [1.29, 1.82) is 0 Å². The molecule has 1 saturated heterocycles. The summed E-state index contributed by atoms with van der Waals surface area (Å²) in [6.07, 6.45) is 0.168. The van der Waals surface area contributed by atoms with E-state index in [0.717, 1.165) is 31.5 Å². The second kappa shape index (κ2) is 7.14. The zero-order valence-corrected chi connectivity index (χ0v) is 13.6. The number of rotatable bonds is 4. The van der Waals surface area contributed by atoms with Crippen LogP contribution in [0.25, 0.3) is 0 Å². The minimum Gasteiger partial charge on any atom is -0.375 e.